The van der Waals surface area contributed by atoms with Crippen LogP contribution in [-0.2, 0) is 0 Å². The fourth-order valence-corrected chi connectivity index (χ4v) is 1.77. The molecule has 0 radical (unpaired) electrons. The van der Waals surface area contributed by atoms with E-state index in [1.165, 1.54) is 0 Å². The Morgan fingerprint density at radius 3 is 1.20 bits per heavy atom. The van der Waals surface area contributed by atoms with Gasteiger partial charge in [0, 0.05) is 22.3 Å². The van der Waals surface area contributed by atoms with Gasteiger partial charge in [0.15, 0.2) is 0 Å². The monoisotopic (exact) mass is 302 g/mol. The molecular formula is C16H8Cl2O2. The molecule has 0 bridgehead atoms. The first kappa shape index (κ1) is 14.3. The van der Waals surface area contributed by atoms with Gasteiger partial charge in [-0.05, 0) is 71.7 Å². The number of hydrogen-bond acceptors (Lipinski definition) is 2. The Labute approximate surface area is 126 Å². The van der Waals surface area contributed by atoms with Crippen LogP contribution in [0.3, 0.4) is 0 Å². The van der Waals surface area contributed by atoms with Crippen molar-refractivity contribution >= 4 is 33.7 Å². The van der Waals surface area contributed by atoms with E-state index in [9.17, 15) is 9.59 Å². The van der Waals surface area contributed by atoms with E-state index in [1.807, 2.05) is 0 Å². The summed E-state index contributed by atoms with van der Waals surface area (Å²) in [5.74, 6) is 5.91. The molecule has 0 saturated heterocycles. The maximum Gasteiger partial charge on any atom is 0.252 e. The molecule has 0 aliphatic heterocycles. The van der Waals surface area contributed by atoms with E-state index in [1.54, 1.807) is 48.5 Å². The predicted molar refractivity (Wildman–Crippen MR) is 79.2 cm³/mol. The Bertz CT molecular complexity index is 643. The maximum atomic E-state index is 10.9. The average molecular weight is 303 g/mol. The van der Waals surface area contributed by atoms with Crippen molar-refractivity contribution in [1.82, 2.24) is 0 Å². The Kier molecular flexibility index (Phi) is 4.57. The third-order valence-corrected chi connectivity index (χ3v) is 3.01. The van der Waals surface area contributed by atoms with Crippen LogP contribution >= 0.6 is 23.2 Å². The van der Waals surface area contributed by atoms with Crippen molar-refractivity contribution in [1.29, 1.82) is 0 Å². The number of carbonyl (C=O) groups excluding carboxylic acids is 2. The highest BCUT2D eigenvalue weighted by Crippen LogP contribution is 2.08. The van der Waals surface area contributed by atoms with Crippen LogP contribution in [0.5, 0.6) is 0 Å². The molecule has 0 atom stereocenters. The van der Waals surface area contributed by atoms with E-state index < -0.39 is 10.5 Å². The minimum Gasteiger partial charge on any atom is -0.276 e. The van der Waals surface area contributed by atoms with E-state index in [0.29, 0.717) is 11.1 Å². The largest absolute Gasteiger partial charge is 0.276 e. The van der Waals surface area contributed by atoms with Gasteiger partial charge in [-0.2, -0.15) is 0 Å². The number of halogens is 2. The van der Waals surface area contributed by atoms with Crippen LogP contribution in [0, 0.1) is 11.8 Å². The van der Waals surface area contributed by atoms with E-state index in [2.05, 4.69) is 11.8 Å². The quantitative estimate of drug-likeness (QED) is 0.624. The van der Waals surface area contributed by atoms with Gasteiger partial charge in [0.05, 0.1) is 0 Å². The van der Waals surface area contributed by atoms with Gasteiger partial charge < -0.3 is 0 Å². The lowest BCUT2D eigenvalue weighted by molar-refractivity contribution is 0.107. The average Bonchev–Trinajstić information content (AvgIpc) is 2.46. The number of rotatable bonds is 2. The molecule has 0 amide bonds. The molecular weight excluding hydrogens is 295 g/mol. The first-order valence-corrected chi connectivity index (χ1v) is 6.43. The van der Waals surface area contributed by atoms with E-state index >= 15 is 0 Å². The summed E-state index contributed by atoms with van der Waals surface area (Å²) in [5, 5.41) is -0.989. The van der Waals surface area contributed by atoms with Gasteiger partial charge in [0.1, 0.15) is 0 Å². The molecule has 0 unspecified atom stereocenters. The third-order valence-electron chi connectivity index (χ3n) is 2.57. The van der Waals surface area contributed by atoms with Crippen LogP contribution in [0.15, 0.2) is 48.5 Å². The normalized spacial score (nSPS) is 9.50. The summed E-state index contributed by atoms with van der Waals surface area (Å²) >= 11 is 10.7. The molecule has 2 aromatic rings. The van der Waals surface area contributed by atoms with Crippen molar-refractivity contribution < 1.29 is 9.59 Å². The first-order chi connectivity index (χ1) is 9.56. The summed E-state index contributed by atoms with van der Waals surface area (Å²) < 4.78 is 0. The summed E-state index contributed by atoms with van der Waals surface area (Å²) in [4.78, 5) is 21.8. The Morgan fingerprint density at radius 2 is 0.950 bits per heavy atom. The fourth-order valence-electron chi connectivity index (χ4n) is 1.51. The molecule has 2 aromatic carbocycles. The minimum atomic E-state index is -0.495. The highest BCUT2D eigenvalue weighted by molar-refractivity contribution is 6.68. The molecule has 0 heterocycles. The molecule has 2 rings (SSSR count). The second-order valence-corrected chi connectivity index (χ2v) is 4.64. The van der Waals surface area contributed by atoms with Crippen molar-refractivity contribution in [2.24, 2.45) is 0 Å². The summed E-state index contributed by atoms with van der Waals surface area (Å²) in [6.45, 7) is 0. The molecule has 0 N–H and O–H groups in total. The zero-order valence-electron chi connectivity index (χ0n) is 10.2. The Balaban J connectivity index is 2.17. The van der Waals surface area contributed by atoms with Gasteiger partial charge in [-0.1, -0.05) is 11.8 Å². The zero-order chi connectivity index (χ0) is 14.5. The van der Waals surface area contributed by atoms with Crippen molar-refractivity contribution in [2.75, 3.05) is 0 Å². The van der Waals surface area contributed by atoms with E-state index in [-0.39, 0.29) is 0 Å². The lowest BCUT2D eigenvalue weighted by atomic mass is 10.1. The molecule has 0 fully saturated rings. The smallest absolute Gasteiger partial charge is 0.252 e. The summed E-state index contributed by atoms with van der Waals surface area (Å²) in [5.41, 5.74) is 2.40. The molecule has 4 heteroatoms. The van der Waals surface area contributed by atoms with Gasteiger partial charge in [0.25, 0.3) is 10.5 Å². The maximum absolute atomic E-state index is 10.9. The zero-order valence-corrected chi connectivity index (χ0v) is 11.7. The lowest BCUT2D eigenvalue weighted by Crippen LogP contribution is -1.88. The van der Waals surface area contributed by atoms with Crippen LogP contribution in [0.2, 0.25) is 0 Å². The molecule has 2 nitrogen and oxygen atoms in total. The predicted octanol–water partition coefficient (Wildman–Crippen LogP) is 3.84. The van der Waals surface area contributed by atoms with Crippen LogP contribution in [0.1, 0.15) is 31.8 Å². The molecule has 0 saturated carbocycles. The van der Waals surface area contributed by atoms with Crippen molar-refractivity contribution in [3.63, 3.8) is 0 Å². The summed E-state index contributed by atoms with van der Waals surface area (Å²) in [6, 6.07) is 13.4. The number of hydrogen-bond donors (Lipinski definition) is 0. The van der Waals surface area contributed by atoms with Crippen LogP contribution in [0.4, 0.5) is 0 Å². The van der Waals surface area contributed by atoms with E-state index in [0.717, 1.165) is 11.1 Å². The first-order valence-electron chi connectivity index (χ1n) is 5.68. The SMILES string of the molecule is O=C(Cl)c1ccc(C#Cc2ccc(C(=O)Cl)cc2)cc1. The van der Waals surface area contributed by atoms with Gasteiger partial charge in [-0.3, -0.25) is 9.59 Å². The number of benzene rings is 2. The standard InChI is InChI=1S/C16H8Cl2O2/c17-15(19)13-7-3-11(4-8-13)1-2-12-5-9-14(10-6-12)16(18)20/h3-10H. The highest BCUT2D eigenvalue weighted by Gasteiger charge is 2.00. The summed E-state index contributed by atoms with van der Waals surface area (Å²) in [7, 11) is 0. The molecule has 20 heavy (non-hydrogen) atoms. The van der Waals surface area contributed by atoms with Crippen molar-refractivity contribution in [3.8, 4) is 11.8 Å². The molecule has 0 aromatic heterocycles. The van der Waals surface area contributed by atoms with Gasteiger partial charge in [-0.15, -0.1) is 0 Å². The van der Waals surface area contributed by atoms with E-state index in [4.69, 9.17) is 23.2 Å². The molecule has 0 spiro atoms. The molecule has 0 aliphatic rings. The van der Waals surface area contributed by atoms with Crippen LogP contribution < -0.4 is 0 Å². The lowest BCUT2D eigenvalue weighted by Gasteiger charge is -1.95. The topological polar surface area (TPSA) is 34.1 Å². The minimum absolute atomic E-state index is 0.433. The molecule has 98 valence electrons. The second kappa shape index (κ2) is 6.38. The highest BCUT2D eigenvalue weighted by atomic mass is 35.5. The third kappa shape index (κ3) is 3.71. The van der Waals surface area contributed by atoms with Crippen molar-refractivity contribution in [3.05, 3.63) is 70.8 Å². The van der Waals surface area contributed by atoms with Gasteiger partial charge in [-0.25, -0.2) is 0 Å². The van der Waals surface area contributed by atoms with Crippen LogP contribution in [0.25, 0.3) is 0 Å². The summed E-state index contributed by atoms with van der Waals surface area (Å²) in [6.07, 6.45) is 0. The molecule has 0 aliphatic carbocycles. The van der Waals surface area contributed by atoms with Crippen LogP contribution in [-0.4, -0.2) is 10.5 Å². The van der Waals surface area contributed by atoms with Gasteiger partial charge in [0.2, 0.25) is 0 Å². The van der Waals surface area contributed by atoms with Crippen molar-refractivity contribution in [2.45, 2.75) is 0 Å². The second-order valence-electron chi connectivity index (χ2n) is 3.95. The number of carbonyl (C=O) groups is 2. The van der Waals surface area contributed by atoms with Gasteiger partial charge >= 0.3 is 0 Å². The Hall–Kier alpha value is -2.08. The Morgan fingerprint density at radius 1 is 0.650 bits per heavy atom. The fraction of sp³-hybridized carbons (Fsp3) is 0.